The van der Waals surface area contributed by atoms with Crippen LogP contribution in [0.5, 0.6) is 0 Å². The molecule has 0 spiro atoms. The third-order valence-electron chi connectivity index (χ3n) is 6.63. The zero-order chi connectivity index (χ0) is 18.6. The molecule has 2 bridgehead atoms. The molecule has 26 heavy (non-hydrogen) atoms. The second-order valence-corrected chi connectivity index (χ2v) is 7.91. The third-order valence-corrected chi connectivity index (χ3v) is 6.63. The summed E-state index contributed by atoms with van der Waals surface area (Å²) in [6.07, 6.45) is 1.64. The van der Waals surface area contributed by atoms with E-state index in [9.17, 15) is 13.2 Å². The average Bonchev–Trinajstić information content (AvgIpc) is 3.04. The van der Waals surface area contributed by atoms with Gasteiger partial charge in [-0.15, -0.1) is 5.10 Å². The molecule has 3 aliphatic carbocycles. The van der Waals surface area contributed by atoms with Gasteiger partial charge in [0, 0.05) is 5.56 Å². The molecular formula is C19H23F3N4. The predicted octanol–water partition coefficient (Wildman–Crippen LogP) is 4.28. The van der Waals surface area contributed by atoms with Crippen molar-refractivity contribution in [3.8, 4) is 11.3 Å². The maximum atomic E-state index is 13.4. The maximum absolute atomic E-state index is 13.4. The molecule has 0 amide bonds. The van der Waals surface area contributed by atoms with Crippen molar-refractivity contribution < 1.29 is 13.2 Å². The molecule has 140 valence electrons. The number of halogens is 3. The van der Waals surface area contributed by atoms with Gasteiger partial charge >= 0.3 is 6.18 Å². The van der Waals surface area contributed by atoms with E-state index in [0.29, 0.717) is 17.9 Å². The number of hydrogen-bond donors (Lipinski definition) is 1. The minimum atomic E-state index is -4.42. The van der Waals surface area contributed by atoms with Crippen LogP contribution in [0.3, 0.4) is 0 Å². The molecule has 3 saturated carbocycles. The fourth-order valence-corrected chi connectivity index (χ4v) is 4.83. The predicted molar refractivity (Wildman–Crippen MR) is 92.4 cm³/mol. The lowest BCUT2D eigenvalue weighted by molar-refractivity contribution is -0.137. The normalized spacial score (nSPS) is 28.5. The minimum absolute atomic E-state index is 0.100. The standard InChI is InChI=1S/C19H23F3N4/c1-13-16(14-4-2-3-5-15(14)19(20,21)22)24-25-26(13)18-9-6-17(12-23,7-10-18)8-11-18/h2-5H,6-12,23H2,1H3. The summed E-state index contributed by atoms with van der Waals surface area (Å²) in [5.74, 6) is 0. The van der Waals surface area contributed by atoms with E-state index in [2.05, 4.69) is 10.3 Å². The van der Waals surface area contributed by atoms with Crippen molar-refractivity contribution in [3.63, 3.8) is 0 Å². The Morgan fingerprint density at radius 2 is 1.69 bits per heavy atom. The number of alkyl halides is 3. The fourth-order valence-electron chi connectivity index (χ4n) is 4.83. The molecule has 2 N–H and O–H groups in total. The molecule has 0 aliphatic heterocycles. The Balaban J connectivity index is 1.74. The van der Waals surface area contributed by atoms with Gasteiger partial charge in [0.25, 0.3) is 0 Å². The Hall–Kier alpha value is -1.89. The van der Waals surface area contributed by atoms with E-state index < -0.39 is 11.7 Å². The summed E-state index contributed by atoms with van der Waals surface area (Å²) in [7, 11) is 0. The Morgan fingerprint density at radius 3 is 2.27 bits per heavy atom. The monoisotopic (exact) mass is 364 g/mol. The van der Waals surface area contributed by atoms with Crippen LogP contribution in [0.4, 0.5) is 13.2 Å². The lowest BCUT2D eigenvalue weighted by atomic mass is 9.57. The van der Waals surface area contributed by atoms with Gasteiger partial charge in [-0.1, -0.05) is 23.4 Å². The van der Waals surface area contributed by atoms with Gasteiger partial charge in [-0.3, -0.25) is 0 Å². The van der Waals surface area contributed by atoms with Crippen molar-refractivity contribution in [2.75, 3.05) is 6.54 Å². The van der Waals surface area contributed by atoms with E-state index in [-0.39, 0.29) is 16.5 Å². The highest BCUT2D eigenvalue weighted by Gasteiger charge is 2.50. The molecule has 0 saturated heterocycles. The second-order valence-electron chi connectivity index (χ2n) is 7.91. The third kappa shape index (κ3) is 2.55. The highest BCUT2D eigenvalue weighted by atomic mass is 19.4. The molecule has 3 fully saturated rings. The molecule has 0 atom stereocenters. The van der Waals surface area contributed by atoms with Crippen molar-refractivity contribution in [3.05, 3.63) is 35.5 Å². The van der Waals surface area contributed by atoms with Gasteiger partial charge < -0.3 is 5.73 Å². The van der Waals surface area contributed by atoms with Gasteiger partial charge in [0.05, 0.1) is 16.8 Å². The first-order valence-corrected chi connectivity index (χ1v) is 9.10. The zero-order valence-electron chi connectivity index (χ0n) is 14.8. The van der Waals surface area contributed by atoms with Crippen molar-refractivity contribution in [1.82, 2.24) is 15.0 Å². The smallest absolute Gasteiger partial charge is 0.330 e. The number of nitrogens with two attached hydrogens (primary N) is 1. The van der Waals surface area contributed by atoms with Crippen molar-refractivity contribution in [2.24, 2.45) is 11.1 Å². The summed E-state index contributed by atoms with van der Waals surface area (Å²) < 4.78 is 42.1. The molecule has 2 aromatic rings. The van der Waals surface area contributed by atoms with Crippen molar-refractivity contribution >= 4 is 0 Å². The van der Waals surface area contributed by atoms with Crippen LogP contribution in [-0.2, 0) is 11.7 Å². The van der Waals surface area contributed by atoms with Gasteiger partial charge in [0.1, 0.15) is 5.69 Å². The SMILES string of the molecule is Cc1c(-c2ccccc2C(F)(F)F)nnn1C12CCC(CN)(CC1)CC2. The van der Waals surface area contributed by atoms with E-state index in [0.717, 1.165) is 44.6 Å². The first-order chi connectivity index (χ1) is 12.3. The van der Waals surface area contributed by atoms with E-state index in [1.54, 1.807) is 6.07 Å². The van der Waals surface area contributed by atoms with Gasteiger partial charge in [-0.25, -0.2) is 4.68 Å². The van der Waals surface area contributed by atoms with Gasteiger partial charge in [-0.2, -0.15) is 13.2 Å². The van der Waals surface area contributed by atoms with Crippen LogP contribution in [0.25, 0.3) is 11.3 Å². The molecule has 0 unspecified atom stereocenters. The van der Waals surface area contributed by atoms with Gasteiger partial charge in [-0.05, 0) is 63.5 Å². The molecule has 0 radical (unpaired) electrons. The summed E-state index contributed by atoms with van der Waals surface area (Å²) in [4.78, 5) is 0. The Morgan fingerprint density at radius 1 is 1.08 bits per heavy atom. The zero-order valence-corrected chi connectivity index (χ0v) is 14.8. The number of aromatic nitrogens is 3. The first kappa shape index (κ1) is 17.5. The van der Waals surface area contributed by atoms with Crippen molar-refractivity contribution in [2.45, 2.75) is 57.2 Å². The maximum Gasteiger partial charge on any atom is 0.417 e. The summed E-state index contributed by atoms with van der Waals surface area (Å²) in [6.45, 7) is 2.54. The fraction of sp³-hybridized carbons (Fsp3) is 0.579. The highest BCUT2D eigenvalue weighted by Crippen LogP contribution is 2.55. The van der Waals surface area contributed by atoms with Crippen LogP contribution in [0, 0.1) is 12.3 Å². The van der Waals surface area contributed by atoms with E-state index in [1.807, 2.05) is 11.6 Å². The summed E-state index contributed by atoms with van der Waals surface area (Å²) >= 11 is 0. The van der Waals surface area contributed by atoms with Crippen LogP contribution in [-0.4, -0.2) is 21.5 Å². The van der Waals surface area contributed by atoms with Crippen molar-refractivity contribution in [1.29, 1.82) is 0 Å². The molecule has 4 nitrogen and oxygen atoms in total. The molecule has 5 rings (SSSR count). The lowest BCUT2D eigenvalue weighted by Crippen LogP contribution is -2.51. The van der Waals surface area contributed by atoms with E-state index in [4.69, 9.17) is 5.73 Å². The van der Waals surface area contributed by atoms with Crippen LogP contribution in [0.2, 0.25) is 0 Å². The van der Waals surface area contributed by atoms with Crippen LogP contribution in [0.15, 0.2) is 24.3 Å². The van der Waals surface area contributed by atoms with Gasteiger partial charge in [0.2, 0.25) is 0 Å². The Bertz CT molecular complexity index is 800. The summed E-state index contributed by atoms with van der Waals surface area (Å²) in [5.41, 5.74) is 6.58. The number of benzene rings is 1. The number of fused-ring (bicyclic) bond motifs is 3. The second kappa shape index (κ2) is 5.81. The lowest BCUT2D eigenvalue weighted by Gasteiger charge is -2.53. The van der Waals surface area contributed by atoms with Crippen LogP contribution >= 0.6 is 0 Å². The largest absolute Gasteiger partial charge is 0.417 e. The quantitative estimate of drug-likeness (QED) is 0.884. The summed E-state index contributed by atoms with van der Waals surface area (Å²) in [6, 6.07) is 5.59. The molecule has 3 aliphatic rings. The molecular weight excluding hydrogens is 341 g/mol. The van der Waals surface area contributed by atoms with Gasteiger partial charge in [0.15, 0.2) is 0 Å². The van der Waals surface area contributed by atoms with E-state index in [1.165, 1.54) is 12.1 Å². The summed E-state index contributed by atoms with van der Waals surface area (Å²) in [5, 5.41) is 8.49. The van der Waals surface area contributed by atoms with Crippen LogP contribution < -0.4 is 5.73 Å². The number of nitrogens with zero attached hydrogens (tertiary/aromatic N) is 3. The molecule has 1 aromatic carbocycles. The van der Waals surface area contributed by atoms with E-state index >= 15 is 0 Å². The molecule has 1 aromatic heterocycles. The molecule has 1 heterocycles. The first-order valence-electron chi connectivity index (χ1n) is 9.10. The highest BCUT2D eigenvalue weighted by molar-refractivity contribution is 5.66. The average molecular weight is 364 g/mol. The number of rotatable bonds is 3. The topological polar surface area (TPSA) is 56.7 Å². The Labute approximate surface area is 150 Å². The Kier molecular flexibility index (Phi) is 3.91. The minimum Gasteiger partial charge on any atom is -0.330 e. The van der Waals surface area contributed by atoms with Crippen LogP contribution in [0.1, 0.15) is 49.8 Å². The molecule has 7 heteroatoms. The number of hydrogen-bond acceptors (Lipinski definition) is 3.